The molecule has 0 aliphatic heterocycles. The van der Waals surface area contributed by atoms with Crippen molar-refractivity contribution in [3.8, 4) is 0 Å². The molecule has 0 unspecified atom stereocenters. The van der Waals surface area contributed by atoms with Gasteiger partial charge in [-0.05, 0) is 12.8 Å². The van der Waals surface area contributed by atoms with Crippen LogP contribution in [0.25, 0.3) is 0 Å². The van der Waals surface area contributed by atoms with Gasteiger partial charge in [0.15, 0.2) is 0 Å². The Labute approximate surface area is 74.3 Å². The summed E-state index contributed by atoms with van der Waals surface area (Å²) < 4.78 is 34.9. The van der Waals surface area contributed by atoms with Crippen molar-refractivity contribution in [2.75, 3.05) is 0 Å². The van der Waals surface area contributed by atoms with Crippen LogP contribution in [0, 0.1) is 0 Å². The number of hydrogen-bond donors (Lipinski definition) is 2. The molecule has 0 aliphatic carbocycles. The number of hydrogen-bond acceptors (Lipinski definition) is 3. The summed E-state index contributed by atoms with van der Waals surface area (Å²) >= 11 is 0. The Hall–Kier alpha value is -0.620. The maximum atomic E-state index is 11.6. The van der Waals surface area contributed by atoms with Gasteiger partial charge in [-0.3, -0.25) is 4.79 Å². The molecule has 13 heavy (non-hydrogen) atoms. The van der Waals surface area contributed by atoms with Crippen LogP contribution < -0.4 is 11.5 Å². The molecule has 0 amide bonds. The minimum Gasteiger partial charge on any atom is -0.316 e. The average Bonchev–Trinajstić information content (AvgIpc) is 1.95. The van der Waals surface area contributed by atoms with Crippen molar-refractivity contribution in [3.05, 3.63) is 0 Å². The van der Waals surface area contributed by atoms with Crippen LogP contribution in [0.3, 0.4) is 0 Å². The van der Waals surface area contributed by atoms with Crippen LogP contribution in [-0.4, -0.2) is 18.1 Å². The molecule has 0 fully saturated rings. The van der Waals surface area contributed by atoms with Crippen molar-refractivity contribution >= 4 is 5.78 Å². The van der Waals surface area contributed by atoms with Gasteiger partial charge >= 0.3 is 6.18 Å². The van der Waals surface area contributed by atoms with Crippen LogP contribution in [0.4, 0.5) is 13.2 Å². The van der Waals surface area contributed by atoms with Gasteiger partial charge in [-0.15, -0.1) is 0 Å². The van der Waals surface area contributed by atoms with E-state index in [1.807, 2.05) is 0 Å². The highest BCUT2D eigenvalue weighted by Crippen LogP contribution is 2.19. The predicted octanol–water partition coefficient (Wildman–Crippen LogP) is 0.922. The molecule has 0 atom stereocenters. The van der Waals surface area contributed by atoms with Crippen LogP contribution in [-0.2, 0) is 4.79 Å². The number of ketones is 1. The fourth-order valence-corrected chi connectivity index (χ4v) is 0.807. The van der Waals surface area contributed by atoms with Gasteiger partial charge in [0.25, 0.3) is 0 Å². The molecule has 0 saturated carbocycles. The van der Waals surface area contributed by atoms with E-state index in [4.69, 9.17) is 11.5 Å². The summed E-state index contributed by atoms with van der Waals surface area (Å²) in [6, 6.07) is 0. The molecule has 0 rings (SSSR count). The quantitative estimate of drug-likeness (QED) is 0.509. The fourth-order valence-electron chi connectivity index (χ4n) is 0.807. The molecule has 0 radical (unpaired) electrons. The molecule has 6 heteroatoms. The molecule has 0 spiro atoms. The lowest BCUT2D eigenvalue weighted by Gasteiger charge is -2.06. The lowest BCUT2D eigenvalue weighted by atomic mass is 10.1. The Morgan fingerprint density at radius 2 is 1.77 bits per heavy atom. The van der Waals surface area contributed by atoms with Crippen molar-refractivity contribution in [2.24, 2.45) is 11.5 Å². The van der Waals surface area contributed by atoms with Crippen LogP contribution in [0.15, 0.2) is 0 Å². The Morgan fingerprint density at radius 3 is 2.15 bits per heavy atom. The molecule has 0 aromatic carbocycles. The van der Waals surface area contributed by atoms with Gasteiger partial charge in [0.05, 0.1) is 6.17 Å². The number of halogens is 3. The van der Waals surface area contributed by atoms with Gasteiger partial charge in [-0.2, -0.15) is 13.2 Å². The highest BCUT2D eigenvalue weighted by Gasteiger charge is 2.36. The number of rotatable bonds is 5. The van der Waals surface area contributed by atoms with E-state index in [-0.39, 0.29) is 6.42 Å². The van der Waals surface area contributed by atoms with Gasteiger partial charge in [0, 0.05) is 6.42 Å². The lowest BCUT2D eigenvalue weighted by Crippen LogP contribution is -2.30. The summed E-state index contributed by atoms with van der Waals surface area (Å²) in [5, 5.41) is 0. The predicted molar refractivity (Wildman–Crippen MR) is 41.7 cm³/mol. The Kier molecular flexibility index (Phi) is 4.94. The maximum Gasteiger partial charge on any atom is 0.449 e. The van der Waals surface area contributed by atoms with E-state index < -0.39 is 24.5 Å². The highest BCUT2D eigenvalue weighted by molar-refractivity contribution is 5.83. The largest absolute Gasteiger partial charge is 0.449 e. The summed E-state index contributed by atoms with van der Waals surface area (Å²) in [5.41, 5.74) is 10.3. The average molecular weight is 198 g/mol. The SMILES string of the molecule is NC(N)CCCCC(=O)C(F)(F)F. The first-order valence-electron chi connectivity index (χ1n) is 3.95. The van der Waals surface area contributed by atoms with E-state index >= 15 is 0 Å². The second-order valence-corrected chi connectivity index (χ2v) is 2.83. The van der Waals surface area contributed by atoms with Gasteiger partial charge in [0.1, 0.15) is 0 Å². The molecule has 0 bridgehead atoms. The minimum absolute atomic E-state index is 0.184. The van der Waals surface area contributed by atoms with Crippen LogP contribution in [0.2, 0.25) is 0 Å². The lowest BCUT2D eigenvalue weighted by molar-refractivity contribution is -0.171. The number of Topliss-reactive ketones (excluding diaryl/α,β-unsaturated/α-hetero) is 1. The molecule has 4 N–H and O–H groups in total. The first-order valence-corrected chi connectivity index (χ1v) is 3.95. The third-order valence-corrected chi connectivity index (χ3v) is 1.51. The molecule has 0 heterocycles. The Morgan fingerprint density at radius 1 is 1.23 bits per heavy atom. The normalized spacial score (nSPS) is 12.2. The second-order valence-electron chi connectivity index (χ2n) is 2.83. The van der Waals surface area contributed by atoms with Crippen LogP contribution in [0.1, 0.15) is 25.7 Å². The standard InChI is InChI=1S/C7H13F3N2O/c8-7(9,10)5(13)3-1-2-4-6(11)12/h6H,1-4,11-12H2. The molecular formula is C7H13F3N2O. The highest BCUT2D eigenvalue weighted by atomic mass is 19.4. The van der Waals surface area contributed by atoms with Crippen molar-refractivity contribution in [1.29, 1.82) is 0 Å². The molecule has 0 aromatic heterocycles. The first kappa shape index (κ1) is 12.4. The minimum atomic E-state index is -4.70. The molecule has 0 aliphatic rings. The molecule has 3 nitrogen and oxygen atoms in total. The molecular weight excluding hydrogens is 185 g/mol. The summed E-state index contributed by atoms with van der Waals surface area (Å²) in [5.74, 6) is -1.68. The number of nitrogens with two attached hydrogens (primary N) is 2. The zero-order valence-corrected chi connectivity index (χ0v) is 7.10. The first-order chi connectivity index (χ1) is 5.84. The van der Waals surface area contributed by atoms with Gasteiger partial charge < -0.3 is 11.5 Å². The van der Waals surface area contributed by atoms with Gasteiger partial charge in [-0.1, -0.05) is 6.42 Å². The van der Waals surface area contributed by atoms with Crippen molar-refractivity contribution < 1.29 is 18.0 Å². The maximum absolute atomic E-state index is 11.6. The van der Waals surface area contributed by atoms with Crippen molar-refractivity contribution in [3.63, 3.8) is 0 Å². The summed E-state index contributed by atoms with van der Waals surface area (Å²) in [6.07, 6.45) is -4.63. The summed E-state index contributed by atoms with van der Waals surface area (Å²) in [7, 11) is 0. The smallest absolute Gasteiger partial charge is 0.316 e. The number of alkyl halides is 3. The van der Waals surface area contributed by atoms with E-state index in [0.29, 0.717) is 12.8 Å². The molecule has 0 saturated heterocycles. The van der Waals surface area contributed by atoms with Crippen molar-refractivity contribution in [2.45, 2.75) is 38.0 Å². The summed E-state index contributed by atoms with van der Waals surface area (Å²) in [6.45, 7) is 0. The fraction of sp³-hybridized carbons (Fsp3) is 0.857. The topological polar surface area (TPSA) is 69.1 Å². The van der Waals surface area contributed by atoms with E-state index in [2.05, 4.69) is 0 Å². The molecule has 78 valence electrons. The number of carbonyl (C=O) groups is 1. The Balaban J connectivity index is 3.49. The summed E-state index contributed by atoms with van der Waals surface area (Å²) in [4.78, 5) is 10.3. The van der Waals surface area contributed by atoms with E-state index in [1.165, 1.54) is 0 Å². The molecule has 0 aromatic rings. The second kappa shape index (κ2) is 5.18. The van der Waals surface area contributed by atoms with E-state index in [9.17, 15) is 18.0 Å². The number of carbonyl (C=O) groups excluding carboxylic acids is 1. The number of unbranched alkanes of at least 4 members (excludes halogenated alkanes) is 1. The van der Waals surface area contributed by atoms with Crippen molar-refractivity contribution in [1.82, 2.24) is 0 Å². The monoisotopic (exact) mass is 198 g/mol. The van der Waals surface area contributed by atoms with Gasteiger partial charge in [-0.25, -0.2) is 0 Å². The van der Waals surface area contributed by atoms with Gasteiger partial charge in [0.2, 0.25) is 5.78 Å². The van der Waals surface area contributed by atoms with E-state index in [0.717, 1.165) is 0 Å². The third-order valence-electron chi connectivity index (χ3n) is 1.51. The van der Waals surface area contributed by atoms with Crippen LogP contribution >= 0.6 is 0 Å². The third kappa shape index (κ3) is 6.53. The zero-order valence-electron chi connectivity index (χ0n) is 7.10. The van der Waals surface area contributed by atoms with E-state index in [1.54, 1.807) is 0 Å². The van der Waals surface area contributed by atoms with Crippen LogP contribution in [0.5, 0.6) is 0 Å². The Bertz CT molecular complexity index is 168. The zero-order chi connectivity index (χ0) is 10.5.